The topological polar surface area (TPSA) is 113 Å². The van der Waals surface area contributed by atoms with Crippen molar-refractivity contribution in [3.8, 4) is 0 Å². The van der Waals surface area contributed by atoms with E-state index in [0.29, 0.717) is 5.69 Å². The Kier molecular flexibility index (Phi) is 3.96. The van der Waals surface area contributed by atoms with Gasteiger partial charge >= 0.3 is 0 Å². The van der Waals surface area contributed by atoms with Gasteiger partial charge in [0, 0.05) is 30.4 Å². The second kappa shape index (κ2) is 6.07. The lowest BCUT2D eigenvalue weighted by atomic mass is 9.93. The lowest BCUT2D eigenvalue weighted by molar-refractivity contribution is -0.384. The third kappa shape index (κ3) is 3.01. The molecule has 1 atom stereocenters. The molecule has 0 radical (unpaired) electrons. The van der Waals surface area contributed by atoms with Gasteiger partial charge in [0.1, 0.15) is 5.69 Å². The number of aromatic amines is 1. The van der Waals surface area contributed by atoms with E-state index in [1.54, 1.807) is 18.3 Å². The highest BCUT2D eigenvalue weighted by Gasteiger charge is 2.23. The van der Waals surface area contributed by atoms with Crippen molar-refractivity contribution < 1.29 is 9.72 Å². The molecule has 2 aromatic rings. The van der Waals surface area contributed by atoms with Crippen LogP contribution in [-0.2, 0) is 12.8 Å². The third-order valence-electron chi connectivity index (χ3n) is 4.06. The van der Waals surface area contributed by atoms with Gasteiger partial charge in [0.05, 0.1) is 11.1 Å². The molecule has 120 valence electrons. The van der Waals surface area contributed by atoms with Crippen LogP contribution in [0.5, 0.6) is 0 Å². The van der Waals surface area contributed by atoms with Crippen molar-refractivity contribution in [2.45, 2.75) is 25.3 Å². The van der Waals surface area contributed by atoms with E-state index in [0.717, 1.165) is 30.5 Å². The quantitative estimate of drug-likeness (QED) is 0.586. The predicted octanol–water partition coefficient (Wildman–Crippen LogP) is 1.65. The normalized spacial score (nSPS) is 16.5. The first kappa shape index (κ1) is 15.0. The molecular weight excluding hydrogens is 298 g/mol. The average Bonchev–Trinajstić information content (AvgIpc) is 3.02. The number of amides is 1. The summed E-state index contributed by atoms with van der Waals surface area (Å²) in [4.78, 5) is 22.5. The van der Waals surface area contributed by atoms with Crippen LogP contribution >= 0.6 is 0 Å². The van der Waals surface area contributed by atoms with E-state index in [2.05, 4.69) is 20.8 Å². The number of nitro groups is 1. The molecular formula is C15H17N5O3. The molecule has 1 unspecified atom stereocenters. The molecule has 0 saturated heterocycles. The molecule has 8 nitrogen and oxygen atoms in total. The minimum absolute atomic E-state index is 0.0934. The van der Waals surface area contributed by atoms with E-state index in [1.807, 2.05) is 0 Å². The van der Waals surface area contributed by atoms with E-state index < -0.39 is 4.92 Å². The number of nitro benzene ring substituents is 1. The third-order valence-corrected chi connectivity index (χ3v) is 4.06. The Morgan fingerprint density at radius 1 is 1.48 bits per heavy atom. The molecule has 1 aliphatic carbocycles. The maximum Gasteiger partial charge on any atom is 0.293 e. The predicted molar refractivity (Wildman–Crippen MR) is 84.5 cm³/mol. The summed E-state index contributed by atoms with van der Waals surface area (Å²) in [5.41, 5.74) is 2.88. The molecule has 1 aromatic heterocycles. The van der Waals surface area contributed by atoms with Crippen molar-refractivity contribution in [1.29, 1.82) is 0 Å². The highest BCUT2D eigenvalue weighted by atomic mass is 16.6. The number of nitrogens with zero attached hydrogens (tertiary/aromatic N) is 2. The number of hydrogen-bond donors (Lipinski definition) is 3. The average molecular weight is 315 g/mol. The molecule has 8 heteroatoms. The summed E-state index contributed by atoms with van der Waals surface area (Å²) in [5.74, 6) is -0.347. The van der Waals surface area contributed by atoms with Crippen LogP contribution in [0.4, 0.5) is 11.4 Å². The lowest BCUT2D eigenvalue weighted by Crippen LogP contribution is -2.27. The fraction of sp³-hybridized carbons (Fsp3) is 0.333. The van der Waals surface area contributed by atoms with Crippen molar-refractivity contribution in [3.63, 3.8) is 0 Å². The molecule has 1 aliphatic rings. The molecule has 0 bridgehead atoms. The van der Waals surface area contributed by atoms with Crippen molar-refractivity contribution >= 4 is 17.3 Å². The number of nitrogens with one attached hydrogen (secondary N) is 3. The minimum atomic E-state index is -0.471. The molecule has 0 spiro atoms. The largest absolute Gasteiger partial charge is 0.376 e. The second-order valence-corrected chi connectivity index (χ2v) is 5.53. The Bertz CT molecular complexity index is 755. The van der Waals surface area contributed by atoms with Crippen LogP contribution in [0.15, 0.2) is 24.4 Å². The molecule has 0 saturated carbocycles. The van der Waals surface area contributed by atoms with Gasteiger partial charge in [0.2, 0.25) is 0 Å². The summed E-state index contributed by atoms with van der Waals surface area (Å²) in [7, 11) is 1.49. The van der Waals surface area contributed by atoms with E-state index in [4.69, 9.17) is 0 Å². The Balaban J connectivity index is 1.82. The van der Waals surface area contributed by atoms with Crippen molar-refractivity contribution in [2.75, 3.05) is 12.4 Å². The number of H-pyrrole nitrogens is 1. The number of carbonyl (C=O) groups is 1. The molecule has 1 heterocycles. The standard InChI is InChI=1S/C15H17N5O3/c1-16-15(21)9-2-4-13(14(7-9)20(22)23)18-11-3-5-12-10(6-11)8-17-19-12/h2,4,7-8,11,18H,3,5-6H2,1H3,(H,16,21)(H,17,19). The van der Waals surface area contributed by atoms with Crippen molar-refractivity contribution in [2.24, 2.45) is 0 Å². The van der Waals surface area contributed by atoms with Gasteiger partial charge in [-0.25, -0.2) is 0 Å². The van der Waals surface area contributed by atoms with Gasteiger partial charge in [-0.2, -0.15) is 5.10 Å². The van der Waals surface area contributed by atoms with Gasteiger partial charge in [-0.05, 0) is 37.0 Å². The zero-order chi connectivity index (χ0) is 16.4. The SMILES string of the molecule is CNC(=O)c1ccc(NC2CCc3[nH]ncc3C2)c([N+](=O)[O-])c1. The summed E-state index contributed by atoms with van der Waals surface area (Å²) < 4.78 is 0. The van der Waals surface area contributed by atoms with Crippen LogP contribution in [0.1, 0.15) is 28.0 Å². The van der Waals surface area contributed by atoms with Crippen LogP contribution in [0.3, 0.4) is 0 Å². The van der Waals surface area contributed by atoms with Crippen LogP contribution in [0, 0.1) is 10.1 Å². The molecule has 0 aliphatic heterocycles. The van der Waals surface area contributed by atoms with Crippen LogP contribution < -0.4 is 10.6 Å². The highest BCUT2D eigenvalue weighted by Crippen LogP contribution is 2.29. The fourth-order valence-electron chi connectivity index (χ4n) is 2.85. The summed E-state index contributed by atoms with van der Waals surface area (Å²) >= 11 is 0. The van der Waals surface area contributed by atoms with Crippen molar-refractivity contribution in [3.05, 3.63) is 51.3 Å². The smallest absolute Gasteiger partial charge is 0.293 e. The lowest BCUT2D eigenvalue weighted by Gasteiger charge is -2.23. The van der Waals surface area contributed by atoms with Crippen molar-refractivity contribution in [1.82, 2.24) is 15.5 Å². The molecule has 3 rings (SSSR count). The Morgan fingerprint density at radius 3 is 3.04 bits per heavy atom. The zero-order valence-corrected chi connectivity index (χ0v) is 12.6. The number of rotatable bonds is 4. The van der Waals surface area contributed by atoms with Gasteiger partial charge in [-0.3, -0.25) is 20.0 Å². The molecule has 1 amide bonds. The first-order chi connectivity index (χ1) is 11.1. The Morgan fingerprint density at radius 2 is 2.30 bits per heavy atom. The van der Waals surface area contributed by atoms with Gasteiger partial charge < -0.3 is 10.6 Å². The highest BCUT2D eigenvalue weighted by molar-refractivity contribution is 5.95. The summed E-state index contributed by atoms with van der Waals surface area (Å²) in [5, 5.41) is 24.0. The van der Waals surface area contributed by atoms with Crippen LogP contribution in [-0.4, -0.2) is 34.1 Å². The van der Waals surface area contributed by atoms with Crippen LogP contribution in [0.25, 0.3) is 0 Å². The van der Waals surface area contributed by atoms with E-state index >= 15 is 0 Å². The van der Waals surface area contributed by atoms with E-state index in [1.165, 1.54) is 13.1 Å². The minimum Gasteiger partial charge on any atom is -0.376 e. The Hall–Kier alpha value is -2.90. The molecule has 23 heavy (non-hydrogen) atoms. The zero-order valence-electron chi connectivity index (χ0n) is 12.6. The Labute approximate surface area is 132 Å². The number of hydrogen-bond acceptors (Lipinski definition) is 5. The second-order valence-electron chi connectivity index (χ2n) is 5.53. The monoisotopic (exact) mass is 315 g/mol. The number of anilines is 1. The number of benzene rings is 1. The fourth-order valence-corrected chi connectivity index (χ4v) is 2.85. The molecule has 0 fully saturated rings. The summed E-state index contributed by atoms with van der Waals surface area (Å²) in [6.45, 7) is 0. The molecule has 1 aromatic carbocycles. The number of aromatic nitrogens is 2. The first-order valence-electron chi connectivity index (χ1n) is 7.36. The van der Waals surface area contributed by atoms with Crippen LogP contribution in [0.2, 0.25) is 0 Å². The van der Waals surface area contributed by atoms with Gasteiger partial charge in [0.25, 0.3) is 11.6 Å². The van der Waals surface area contributed by atoms with Gasteiger partial charge in [-0.1, -0.05) is 0 Å². The van der Waals surface area contributed by atoms with Gasteiger partial charge in [-0.15, -0.1) is 0 Å². The summed E-state index contributed by atoms with van der Waals surface area (Å²) in [6.07, 6.45) is 4.28. The van der Waals surface area contributed by atoms with E-state index in [9.17, 15) is 14.9 Å². The maximum absolute atomic E-state index is 11.6. The van der Waals surface area contributed by atoms with Gasteiger partial charge in [0.15, 0.2) is 0 Å². The first-order valence-corrected chi connectivity index (χ1v) is 7.36. The summed E-state index contributed by atoms with van der Waals surface area (Å²) in [6, 6.07) is 4.57. The number of aryl methyl sites for hydroxylation is 1. The number of fused-ring (bicyclic) bond motifs is 1. The number of carbonyl (C=O) groups excluding carboxylic acids is 1. The maximum atomic E-state index is 11.6. The molecule has 3 N–H and O–H groups in total. The van der Waals surface area contributed by atoms with E-state index in [-0.39, 0.29) is 23.2 Å².